The smallest absolute Gasteiger partial charge is 0.0588 e. The van der Waals surface area contributed by atoms with E-state index in [0.717, 1.165) is 5.39 Å². The second-order valence-corrected chi connectivity index (χ2v) is 10.5. The van der Waals surface area contributed by atoms with Crippen LogP contribution in [0.2, 0.25) is 0 Å². The molecule has 0 bridgehead atoms. The predicted molar refractivity (Wildman–Crippen MR) is 151 cm³/mol. The largest absolute Gasteiger partial charge is 0.309 e. The zero-order chi connectivity index (χ0) is 24.0. The van der Waals surface area contributed by atoms with Crippen molar-refractivity contribution in [1.29, 1.82) is 0 Å². The fourth-order valence-electron chi connectivity index (χ4n) is 6.61. The van der Waals surface area contributed by atoms with Gasteiger partial charge < -0.3 is 4.57 Å². The van der Waals surface area contributed by atoms with Crippen molar-refractivity contribution in [1.82, 2.24) is 9.55 Å². The molecule has 0 spiro atoms. The fourth-order valence-corrected chi connectivity index (χ4v) is 6.61. The van der Waals surface area contributed by atoms with Crippen LogP contribution in [-0.2, 0) is 5.41 Å². The Bertz CT molecular complexity index is 2020. The Morgan fingerprint density at radius 3 is 2.44 bits per heavy atom. The zero-order valence-corrected chi connectivity index (χ0v) is 20.3. The molecule has 2 heterocycles. The molecule has 0 radical (unpaired) electrons. The number of aromatic nitrogens is 2. The van der Waals surface area contributed by atoms with Gasteiger partial charge in [-0.05, 0) is 62.7 Å². The molecule has 0 saturated carbocycles. The van der Waals surface area contributed by atoms with Gasteiger partial charge in [0.1, 0.15) is 0 Å². The standard InChI is InChI=1S/C34H24N2/c1-34(2)29-10-6-5-9-26(29)27-14-15-28-31-25-8-4-3-7-21(25)12-16-30(31)36(33(28)32(27)34)24-13-11-23-20-35-18-17-22(23)19-24/h3-20H,1-2H3. The molecular formula is C34H24N2. The van der Waals surface area contributed by atoms with Crippen molar-refractivity contribution >= 4 is 43.4 Å². The molecule has 0 unspecified atom stereocenters. The minimum absolute atomic E-state index is 0.103. The van der Waals surface area contributed by atoms with Crippen LogP contribution in [-0.4, -0.2) is 9.55 Å². The van der Waals surface area contributed by atoms with Crippen LogP contribution in [0.3, 0.4) is 0 Å². The van der Waals surface area contributed by atoms with Crippen LogP contribution in [0.4, 0.5) is 0 Å². The molecule has 0 amide bonds. The number of hydrogen-bond donors (Lipinski definition) is 0. The molecule has 0 fully saturated rings. The van der Waals surface area contributed by atoms with Gasteiger partial charge in [-0.1, -0.05) is 86.6 Å². The third-order valence-electron chi connectivity index (χ3n) is 8.22. The molecule has 1 aliphatic rings. The van der Waals surface area contributed by atoms with Gasteiger partial charge >= 0.3 is 0 Å². The highest BCUT2D eigenvalue weighted by molar-refractivity contribution is 6.23. The summed E-state index contributed by atoms with van der Waals surface area (Å²) in [5.74, 6) is 0. The quantitative estimate of drug-likeness (QED) is 0.239. The molecule has 8 rings (SSSR count). The van der Waals surface area contributed by atoms with Crippen LogP contribution in [0.5, 0.6) is 0 Å². The highest BCUT2D eigenvalue weighted by Crippen LogP contribution is 2.53. The Hall–Kier alpha value is -4.43. The maximum Gasteiger partial charge on any atom is 0.0588 e. The molecule has 2 aromatic heterocycles. The summed E-state index contributed by atoms with van der Waals surface area (Å²) < 4.78 is 2.50. The second-order valence-electron chi connectivity index (χ2n) is 10.5. The highest BCUT2D eigenvalue weighted by atomic mass is 15.0. The Morgan fingerprint density at radius 2 is 1.50 bits per heavy atom. The van der Waals surface area contributed by atoms with Gasteiger partial charge in [0.2, 0.25) is 0 Å². The lowest BCUT2D eigenvalue weighted by atomic mass is 9.81. The van der Waals surface area contributed by atoms with Gasteiger partial charge in [0.25, 0.3) is 0 Å². The molecule has 170 valence electrons. The van der Waals surface area contributed by atoms with Crippen LogP contribution in [0.15, 0.2) is 109 Å². The van der Waals surface area contributed by atoms with E-state index in [9.17, 15) is 0 Å². The minimum Gasteiger partial charge on any atom is -0.309 e. The molecule has 1 aliphatic carbocycles. The number of benzene rings is 5. The van der Waals surface area contributed by atoms with E-state index in [1.807, 2.05) is 12.4 Å². The highest BCUT2D eigenvalue weighted by Gasteiger charge is 2.38. The second kappa shape index (κ2) is 6.83. The van der Waals surface area contributed by atoms with Crippen LogP contribution in [0, 0.1) is 0 Å². The Labute approximate surface area is 209 Å². The van der Waals surface area contributed by atoms with Crippen LogP contribution in [0.25, 0.3) is 60.2 Å². The van der Waals surface area contributed by atoms with E-state index in [0.29, 0.717) is 0 Å². The molecule has 0 aliphatic heterocycles. The predicted octanol–water partition coefficient (Wildman–Crippen LogP) is 8.79. The summed E-state index contributed by atoms with van der Waals surface area (Å²) in [6.45, 7) is 4.76. The summed E-state index contributed by atoms with van der Waals surface area (Å²) in [7, 11) is 0. The molecule has 2 heteroatoms. The van der Waals surface area contributed by atoms with Crippen molar-refractivity contribution in [2.45, 2.75) is 19.3 Å². The summed E-state index contributed by atoms with van der Waals surface area (Å²) >= 11 is 0. The average Bonchev–Trinajstić information content (AvgIpc) is 3.38. The lowest BCUT2D eigenvalue weighted by Crippen LogP contribution is -2.16. The Morgan fingerprint density at radius 1 is 0.667 bits per heavy atom. The first-order valence-corrected chi connectivity index (χ1v) is 12.6. The van der Waals surface area contributed by atoms with E-state index >= 15 is 0 Å². The first kappa shape index (κ1) is 19.8. The van der Waals surface area contributed by atoms with Gasteiger partial charge in [-0.2, -0.15) is 0 Å². The van der Waals surface area contributed by atoms with E-state index < -0.39 is 0 Å². The van der Waals surface area contributed by atoms with Crippen molar-refractivity contribution in [3.05, 3.63) is 121 Å². The molecule has 7 aromatic rings. The van der Waals surface area contributed by atoms with Gasteiger partial charge in [-0.15, -0.1) is 0 Å². The van der Waals surface area contributed by atoms with Gasteiger partial charge in [-0.25, -0.2) is 0 Å². The summed E-state index contributed by atoms with van der Waals surface area (Å²) in [6, 6.07) is 35.8. The third-order valence-corrected chi connectivity index (χ3v) is 8.22. The van der Waals surface area contributed by atoms with E-state index in [1.165, 1.54) is 65.9 Å². The average molecular weight is 461 g/mol. The summed E-state index contributed by atoms with van der Waals surface area (Å²) in [5.41, 5.74) is 9.16. The van der Waals surface area contributed by atoms with E-state index in [1.54, 1.807) is 0 Å². The monoisotopic (exact) mass is 460 g/mol. The van der Waals surface area contributed by atoms with Gasteiger partial charge in [0.15, 0.2) is 0 Å². The van der Waals surface area contributed by atoms with Crippen molar-refractivity contribution in [3.63, 3.8) is 0 Å². The first-order valence-electron chi connectivity index (χ1n) is 12.6. The number of pyridine rings is 1. The molecule has 2 nitrogen and oxygen atoms in total. The number of fused-ring (bicyclic) bond motifs is 10. The SMILES string of the molecule is CC1(C)c2ccccc2-c2ccc3c4c5ccccc5ccc4n(-c4ccc5cnccc5c4)c3c21. The van der Waals surface area contributed by atoms with Gasteiger partial charge in [0, 0.05) is 39.7 Å². The number of rotatable bonds is 1. The lowest BCUT2D eigenvalue weighted by molar-refractivity contribution is 0.664. The number of hydrogen-bond acceptors (Lipinski definition) is 1. The maximum atomic E-state index is 4.32. The normalized spacial score (nSPS) is 14.1. The van der Waals surface area contributed by atoms with Crippen LogP contribution < -0.4 is 0 Å². The number of nitrogens with zero attached hydrogens (tertiary/aromatic N) is 2. The van der Waals surface area contributed by atoms with Crippen molar-refractivity contribution in [3.8, 4) is 16.8 Å². The minimum atomic E-state index is -0.103. The fraction of sp³-hybridized carbons (Fsp3) is 0.0882. The van der Waals surface area contributed by atoms with Crippen molar-refractivity contribution in [2.24, 2.45) is 0 Å². The van der Waals surface area contributed by atoms with Crippen LogP contribution in [0.1, 0.15) is 25.0 Å². The molecular weight excluding hydrogens is 436 g/mol. The summed E-state index contributed by atoms with van der Waals surface area (Å²) in [6.07, 6.45) is 3.82. The van der Waals surface area contributed by atoms with E-state index in [2.05, 4.69) is 120 Å². The zero-order valence-electron chi connectivity index (χ0n) is 20.3. The topological polar surface area (TPSA) is 17.8 Å². The van der Waals surface area contributed by atoms with Gasteiger partial charge in [-0.3, -0.25) is 4.98 Å². The van der Waals surface area contributed by atoms with Crippen LogP contribution >= 0.6 is 0 Å². The van der Waals surface area contributed by atoms with Crippen molar-refractivity contribution in [2.75, 3.05) is 0 Å². The third kappa shape index (κ3) is 2.43. The Balaban J connectivity index is 1.61. The molecule has 36 heavy (non-hydrogen) atoms. The Kier molecular flexibility index (Phi) is 3.76. The lowest BCUT2D eigenvalue weighted by Gasteiger charge is -2.23. The summed E-state index contributed by atoms with van der Waals surface area (Å²) in [5, 5.41) is 7.58. The van der Waals surface area contributed by atoms with Crippen molar-refractivity contribution < 1.29 is 0 Å². The molecule has 0 N–H and O–H groups in total. The van der Waals surface area contributed by atoms with E-state index in [-0.39, 0.29) is 5.41 Å². The summed E-state index contributed by atoms with van der Waals surface area (Å²) in [4.78, 5) is 4.32. The van der Waals surface area contributed by atoms with E-state index in [4.69, 9.17) is 0 Å². The first-order chi connectivity index (χ1) is 17.6. The molecule has 0 atom stereocenters. The molecule has 0 saturated heterocycles. The van der Waals surface area contributed by atoms with Gasteiger partial charge in [0.05, 0.1) is 11.0 Å². The maximum absolute atomic E-state index is 4.32. The molecule has 5 aromatic carbocycles.